The topological polar surface area (TPSA) is 71.5 Å². The van der Waals surface area contributed by atoms with Crippen LogP contribution in [0.2, 0.25) is 0 Å². The minimum absolute atomic E-state index is 0.00440. The fourth-order valence-electron chi connectivity index (χ4n) is 1.15. The van der Waals surface area contributed by atoms with Gasteiger partial charge in [0.05, 0.1) is 11.4 Å². The van der Waals surface area contributed by atoms with E-state index in [-0.39, 0.29) is 5.69 Å². The van der Waals surface area contributed by atoms with Crippen LogP contribution in [0.4, 0.5) is 0 Å². The number of carboxylic acid groups (broad SMARTS) is 1. The Kier molecular flexibility index (Phi) is 2.37. The average Bonchev–Trinajstić information content (AvgIpc) is 2.30. The van der Waals surface area contributed by atoms with Crippen LogP contribution >= 0.6 is 0 Å². The summed E-state index contributed by atoms with van der Waals surface area (Å²) < 4.78 is 0. The molecule has 0 radical (unpaired) electrons. The third kappa shape index (κ3) is 1.96. The van der Waals surface area contributed by atoms with Crippen LogP contribution in [0, 0.1) is 0 Å². The Bertz CT molecular complexity index is 452. The van der Waals surface area contributed by atoms with E-state index in [0.717, 1.165) is 0 Å². The molecule has 1 aromatic heterocycles. The number of hydrogen-bond donors (Lipinski definition) is 2. The molecule has 1 aromatic rings. The molecule has 0 amide bonds. The number of pyridine rings is 1. The number of nitrogens with one attached hydrogen (secondary N) is 1. The van der Waals surface area contributed by atoms with E-state index in [1.165, 1.54) is 12.3 Å². The van der Waals surface area contributed by atoms with E-state index < -0.39 is 5.97 Å². The van der Waals surface area contributed by atoms with Crippen molar-refractivity contribution in [2.75, 3.05) is 0 Å². The summed E-state index contributed by atoms with van der Waals surface area (Å²) in [4.78, 5) is 19.5. The first-order chi connectivity index (χ1) is 7.27. The SMILES string of the molecule is O=C(O)c1cccc(C2=CC=CON2)n1. The Labute approximate surface area is 85.7 Å². The number of nitrogens with zero attached hydrogens (tertiary/aromatic N) is 1. The molecule has 0 spiro atoms. The number of carboxylic acids is 1. The van der Waals surface area contributed by atoms with Gasteiger partial charge in [-0.05, 0) is 24.3 Å². The first-order valence-electron chi connectivity index (χ1n) is 4.26. The van der Waals surface area contributed by atoms with Crippen LogP contribution < -0.4 is 5.48 Å². The molecule has 5 heteroatoms. The van der Waals surface area contributed by atoms with Crippen LogP contribution in [0.25, 0.3) is 5.70 Å². The largest absolute Gasteiger partial charge is 0.477 e. The van der Waals surface area contributed by atoms with Gasteiger partial charge in [0.15, 0.2) is 0 Å². The Hall–Kier alpha value is -2.30. The lowest BCUT2D eigenvalue weighted by atomic mass is 10.2. The summed E-state index contributed by atoms with van der Waals surface area (Å²) >= 11 is 0. The number of hydroxylamine groups is 1. The highest BCUT2D eigenvalue weighted by atomic mass is 16.6. The second kappa shape index (κ2) is 3.83. The number of hydrogen-bond acceptors (Lipinski definition) is 4. The van der Waals surface area contributed by atoms with Crippen LogP contribution in [0.15, 0.2) is 36.6 Å². The minimum atomic E-state index is -1.05. The zero-order valence-corrected chi connectivity index (χ0v) is 7.68. The molecule has 0 aliphatic carbocycles. The summed E-state index contributed by atoms with van der Waals surface area (Å²) in [5, 5.41) is 8.76. The van der Waals surface area contributed by atoms with Gasteiger partial charge in [-0.3, -0.25) is 0 Å². The summed E-state index contributed by atoms with van der Waals surface area (Å²) in [6, 6.07) is 4.77. The van der Waals surface area contributed by atoms with Crippen LogP contribution in [0.5, 0.6) is 0 Å². The van der Waals surface area contributed by atoms with E-state index in [2.05, 4.69) is 10.5 Å². The second-order valence-electron chi connectivity index (χ2n) is 2.84. The van der Waals surface area contributed by atoms with Crippen molar-refractivity contribution in [3.8, 4) is 0 Å². The lowest BCUT2D eigenvalue weighted by molar-refractivity contribution is 0.0690. The van der Waals surface area contributed by atoms with Crippen LogP contribution in [-0.4, -0.2) is 16.1 Å². The maximum atomic E-state index is 10.7. The maximum absolute atomic E-state index is 10.7. The van der Waals surface area contributed by atoms with Crippen LogP contribution in [0.3, 0.4) is 0 Å². The zero-order chi connectivity index (χ0) is 10.7. The van der Waals surface area contributed by atoms with Gasteiger partial charge in [-0.15, -0.1) is 0 Å². The standard InChI is InChI=1S/C10H8N2O3/c13-10(14)9-4-1-3-7(11-9)8-5-2-6-15-12-8/h1-6,12H,(H,13,14). The monoisotopic (exact) mass is 204 g/mol. The van der Waals surface area contributed by atoms with Crippen molar-refractivity contribution in [3.63, 3.8) is 0 Å². The average molecular weight is 204 g/mol. The van der Waals surface area contributed by atoms with Gasteiger partial charge < -0.3 is 9.94 Å². The first-order valence-corrected chi connectivity index (χ1v) is 4.26. The van der Waals surface area contributed by atoms with Crippen molar-refractivity contribution in [3.05, 3.63) is 48.0 Å². The van der Waals surface area contributed by atoms with E-state index >= 15 is 0 Å². The summed E-state index contributed by atoms with van der Waals surface area (Å²) in [6.45, 7) is 0. The third-order valence-electron chi connectivity index (χ3n) is 1.82. The highest BCUT2D eigenvalue weighted by Gasteiger charge is 2.09. The number of aromatic carboxylic acids is 1. The van der Waals surface area contributed by atoms with Gasteiger partial charge in [0.2, 0.25) is 0 Å². The highest BCUT2D eigenvalue weighted by Crippen LogP contribution is 2.12. The molecule has 0 saturated heterocycles. The Morgan fingerprint density at radius 1 is 1.47 bits per heavy atom. The molecule has 0 fully saturated rings. The summed E-state index contributed by atoms with van der Waals surface area (Å²) in [7, 11) is 0. The molecule has 5 nitrogen and oxygen atoms in total. The second-order valence-corrected chi connectivity index (χ2v) is 2.84. The number of rotatable bonds is 2. The molecule has 0 atom stereocenters. The van der Waals surface area contributed by atoms with Gasteiger partial charge in [0, 0.05) is 0 Å². The molecule has 0 bridgehead atoms. The molecule has 0 unspecified atom stereocenters. The molecule has 76 valence electrons. The number of allylic oxidation sites excluding steroid dienone is 2. The van der Waals surface area contributed by atoms with Gasteiger partial charge in [0.1, 0.15) is 12.0 Å². The number of aromatic nitrogens is 1. The van der Waals surface area contributed by atoms with Gasteiger partial charge in [-0.25, -0.2) is 15.3 Å². The Morgan fingerprint density at radius 2 is 2.33 bits per heavy atom. The molecule has 2 rings (SSSR count). The molecule has 2 N–H and O–H groups in total. The molecule has 0 aromatic carbocycles. The summed E-state index contributed by atoms with van der Waals surface area (Å²) in [5.74, 6) is -1.05. The van der Waals surface area contributed by atoms with Crippen molar-refractivity contribution in [1.29, 1.82) is 0 Å². The summed E-state index contributed by atoms with van der Waals surface area (Å²) in [5.41, 5.74) is 3.78. The lowest BCUT2D eigenvalue weighted by Gasteiger charge is -2.11. The van der Waals surface area contributed by atoms with Crippen LogP contribution in [-0.2, 0) is 4.84 Å². The van der Waals surface area contributed by atoms with Crippen molar-refractivity contribution >= 4 is 11.7 Å². The van der Waals surface area contributed by atoms with Gasteiger partial charge in [0.25, 0.3) is 0 Å². The lowest BCUT2D eigenvalue weighted by Crippen LogP contribution is -2.14. The fraction of sp³-hybridized carbons (Fsp3) is 0. The van der Waals surface area contributed by atoms with Crippen molar-refractivity contribution in [1.82, 2.24) is 10.5 Å². The Balaban J connectivity index is 2.36. The predicted octanol–water partition coefficient (Wildman–Crippen LogP) is 1.17. The smallest absolute Gasteiger partial charge is 0.354 e. The molecule has 0 saturated carbocycles. The predicted molar refractivity (Wildman–Crippen MR) is 52.5 cm³/mol. The maximum Gasteiger partial charge on any atom is 0.354 e. The van der Waals surface area contributed by atoms with Gasteiger partial charge in [-0.1, -0.05) is 6.07 Å². The van der Waals surface area contributed by atoms with E-state index in [0.29, 0.717) is 11.4 Å². The fourth-order valence-corrected chi connectivity index (χ4v) is 1.15. The van der Waals surface area contributed by atoms with Gasteiger partial charge >= 0.3 is 5.97 Å². The molecule has 2 heterocycles. The van der Waals surface area contributed by atoms with Crippen molar-refractivity contribution in [2.45, 2.75) is 0 Å². The Morgan fingerprint density at radius 3 is 3.00 bits per heavy atom. The van der Waals surface area contributed by atoms with E-state index in [1.807, 2.05) is 0 Å². The van der Waals surface area contributed by atoms with E-state index in [9.17, 15) is 4.79 Å². The molecule has 15 heavy (non-hydrogen) atoms. The van der Waals surface area contributed by atoms with E-state index in [4.69, 9.17) is 9.94 Å². The van der Waals surface area contributed by atoms with Crippen LogP contribution in [0.1, 0.15) is 16.2 Å². The molecule has 1 aliphatic heterocycles. The minimum Gasteiger partial charge on any atom is -0.477 e. The quantitative estimate of drug-likeness (QED) is 0.756. The van der Waals surface area contributed by atoms with Gasteiger partial charge in [-0.2, -0.15) is 0 Å². The number of carbonyl (C=O) groups is 1. The van der Waals surface area contributed by atoms with E-state index in [1.54, 1.807) is 24.3 Å². The molecular weight excluding hydrogens is 196 g/mol. The van der Waals surface area contributed by atoms with Crippen molar-refractivity contribution in [2.24, 2.45) is 0 Å². The molecule has 1 aliphatic rings. The molecular formula is C10H8N2O3. The highest BCUT2D eigenvalue weighted by molar-refractivity contribution is 5.85. The summed E-state index contributed by atoms with van der Waals surface area (Å²) in [6.07, 6.45) is 4.92. The third-order valence-corrected chi connectivity index (χ3v) is 1.82. The van der Waals surface area contributed by atoms with Crippen molar-refractivity contribution < 1.29 is 14.7 Å². The zero-order valence-electron chi connectivity index (χ0n) is 7.68. The first kappa shape index (κ1) is 9.26. The normalized spacial score (nSPS) is 13.7.